The lowest BCUT2D eigenvalue weighted by Gasteiger charge is -2.34. The Kier molecular flexibility index (Phi) is 2.32. The Labute approximate surface area is 113 Å². The summed E-state index contributed by atoms with van der Waals surface area (Å²) in [6.07, 6.45) is 5.52. The van der Waals surface area contributed by atoms with Gasteiger partial charge in [0.05, 0.1) is 16.7 Å². The molecule has 0 amide bonds. The highest BCUT2D eigenvalue weighted by atomic mass is 15.2. The zero-order valence-corrected chi connectivity index (χ0v) is 11.4. The monoisotopic (exact) mass is 253 g/mol. The van der Waals surface area contributed by atoms with Crippen molar-refractivity contribution in [3.8, 4) is 0 Å². The topological polar surface area (TPSA) is 29.0 Å². The average Bonchev–Trinajstić information content (AvgIpc) is 3.17. The van der Waals surface area contributed by atoms with E-state index in [1.165, 1.54) is 32.2 Å². The maximum Gasteiger partial charge on any atom is 0.150 e. The molecule has 1 aliphatic heterocycles. The highest BCUT2D eigenvalue weighted by Crippen LogP contribution is 2.52. The lowest BCUT2D eigenvalue weighted by Crippen LogP contribution is -2.37. The molecule has 1 spiro atoms. The van der Waals surface area contributed by atoms with Gasteiger partial charge in [-0.05, 0) is 50.2 Å². The van der Waals surface area contributed by atoms with Gasteiger partial charge in [-0.1, -0.05) is 12.1 Å². The summed E-state index contributed by atoms with van der Waals surface area (Å²) in [5.74, 6) is 1.10. The van der Waals surface area contributed by atoms with E-state index in [2.05, 4.69) is 17.9 Å². The minimum Gasteiger partial charge on any atom is -0.355 e. The van der Waals surface area contributed by atoms with Gasteiger partial charge in [-0.15, -0.1) is 0 Å². The lowest BCUT2D eigenvalue weighted by molar-refractivity contribution is 0.393. The van der Waals surface area contributed by atoms with Crippen molar-refractivity contribution in [1.82, 2.24) is 9.97 Å². The zero-order valence-electron chi connectivity index (χ0n) is 11.4. The van der Waals surface area contributed by atoms with Crippen molar-refractivity contribution in [2.24, 2.45) is 5.41 Å². The Morgan fingerprint density at radius 2 is 1.79 bits per heavy atom. The smallest absolute Gasteiger partial charge is 0.150 e. The lowest BCUT2D eigenvalue weighted by atomic mass is 9.95. The van der Waals surface area contributed by atoms with Crippen molar-refractivity contribution in [3.63, 3.8) is 0 Å². The Balaban J connectivity index is 1.75. The van der Waals surface area contributed by atoms with Gasteiger partial charge >= 0.3 is 0 Å². The molecule has 19 heavy (non-hydrogen) atoms. The number of rotatable bonds is 1. The molecule has 0 radical (unpaired) electrons. The number of para-hydroxylation sites is 2. The van der Waals surface area contributed by atoms with Crippen molar-refractivity contribution in [1.29, 1.82) is 0 Å². The number of fused-ring (bicyclic) bond motifs is 1. The molecule has 3 nitrogen and oxygen atoms in total. The van der Waals surface area contributed by atoms with Gasteiger partial charge in [-0.3, -0.25) is 0 Å². The third kappa shape index (κ3) is 1.88. The average molecular weight is 253 g/mol. The Morgan fingerprint density at radius 3 is 2.53 bits per heavy atom. The second kappa shape index (κ2) is 3.92. The second-order valence-corrected chi connectivity index (χ2v) is 6.15. The van der Waals surface area contributed by atoms with Crippen molar-refractivity contribution >= 4 is 16.9 Å². The van der Waals surface area contributed by atoms with Gasteiger partial charge in [-0.25, -0.2) is 9.97 Å². The van der Waals surface area contributed by atoms with Gasteiger partial charge < -0.3 is 4.90 Å². The molecular formula is C16H19N3. The van der Waals surface area contributed by atoms with Crippen LogP contribution in [0.3, 0.4) is 0 Å². The summed E-state index contributed by atoms with van der Waals surface area (Å²) in [5.41, 5.74) is 3.70. The number of aryl methyl sites for hydroxylation is 1. The first kappa shape index (κ1) is 11.2. The highest BCUT2D eigenvalue weighted by Gasteiger charge is 2.45. The Morgan fingerprint density at radius 1 is 1.05 bits per heavy atom. The number of piperidine rings is 1. The van der Waals surface area contributed by atoms with Gasteiger partial charge in [-0.2, -0.15) is 0 Å². The maximum atomic E-state index is 4.86. The van der Waals surface area contributed by atoms with E-state index in [1.807, 2.05) is 18.2 Å². The standard InChI is InChI=1S/C16H19N3/c1-12-15(18-14-6-3-2-5-13(14)17-12)19-10-4-7-16(11-19)8-9-16/h2-3,5-6H,4,7-11H2,1H3. The summed E-state index contributed by atoms with van der Waals surface area (Å²) in [6.45, 7) is 4.40. The third-order valence-electron chi connectivity index (χ3n) is 4.64. The number of aromatic nitrogens is 2. The summed E-state index contributed by atoms with van der Waals surface area (Å²) in [7, 11) is 0. The van der Waals surface area contributed by atoms with E-state index < -0.39 is 0 Å². The van der Waals surface area contributed by atoms with Gasteiger partial charge in [0, 0.05) is 13.1 Å². The van der Waals surface area contributed by atoms with E-state index in [1.54, 1.807) is 0 Å². The van der Waals surface area contributed by atoms with Crippen LogP contribution in [0.2, 0.25) is 0 Å². The zero-order chi connectivity index (χ0) is 12.9. The SMILES string of the molecule is Cc1nc2ccccc2nc1N1CCCC2(CC2)C1. The van der Waals surface area contributed by atoms with Crippen LogP contribution in [-0.4, -0.2) is 23.1 Å². The minimum absolute atomic E-state index is 0.623. The molecule has 0 atom stereocenters. The molecule has 1 aliphatic carbocycles. The molecule has 2 aliphatic rings. The maximum absolute atomic E-state index is 4.86. The molecular weight excluding hydrogens is 234 g/mol. The molecule has 4 rings (SSSR count). The largest absolute Gasteiger partial charge is 0.355 e. The minimum atomic E-state index is 0.623. The molecule has 2 aromatic rings. The van der Waals surface area contributed by atoms with Crippen molar-refractivity contribution in [3.05, 3.63) is 30.0 Å². The fourth-order valence-corrected chi connectivity index (χ4v) is 3.35. The second-order valence-electron chi connectivity index (χ2n) is 6.15. The number of hydrogen-bond donors (Lipinski definition) is 0. The van der Waals surface area contributed by atoms with E-state index in [0.29, 0.717) is 5.41 Å². The molecule has 3 heteroatoms. The van der Waals surface area contributed by atoms with Crippen LogP contribution in [0.15, 0.2) is 24.3 Å². The quantitative estimate of drug-likeness (QED) is 0.780. The molecule has 98 valence electrons. The number of benzene rings is 1. The number of anilines is 1. The predicted octanol–water partition coefficient (Wildman–Crippen LogP) is 3.32. The van der Waals surface area contributed by atoms with Gasteiger partial charge in [0.15, 0.2) is 5.82 Å². The highest BCUT2D eigenvalue weighted by molar-refractivity contribution is 5.76. The van der Waals surface area contributed by atoms with E-state index in [4.69, 9.17) is 9.97 Å². The molecule has 1 aromatic carbocycles. The van der Waals surface area contributed by atoms with E-state index in [0.717, 1.165) is 29.1 Å². The molecule has 0 unspecified atom stereocenters. The fraction of sp³-hybridized carbons (Fsp3) is 0.500. The van der Waals surface area contributed by atoms with E-state index in [-0.39, 0.29) is 0 Å². The fourth-order valence-electron chi connectivity index (χ4n) is 3.35. The molecule has 0 N–H and O–H groups in total. The van der Waals surface area contributed by atoms with Gasteiger partial charge in [0.2, 0.25) is 0 Å². The predicted molar refractivity (Wildman–Crippen MR) is 77.4 cm³/mol. The summed E-state index contributed by atoms with van der Waals surface area (Å²) in [5, 5.41) is 0. The summed E-state index contributed by atoms with van der Waals surface area (Å²) >= 11 is 0. The van der Waals surface area contributed by atoms with Crippen LogP contribution in [0.4, 0.5) is 5.82 Å². The van der Waals surface area contributed by atoms with Crippen LogP contribution in [0.1, 0.15) is 31.4 Å². The molecule has 0 bridgehead atoms. The molecule has 1 aromatic heterocycles. The molecule has 2 fully saturated rings. The third-order valence-corrected chi connectivity index (χ3v) is 4.64. The van der Waals surface area contributed by atoms with Gasteiger partial charge in [0.1, 0.15) is 0 Å². The first-order chi connectivity index (χ1) is 9.26. The first-order valence-electron chi connectivity index (χ1n) is 7.24. The van der Waals surface area contributed by atoms with Crippen molar-refractivity contribution in [2.75, 3.05) is 18.0 Å². The Bertz CT molecular complexity index is 631. The van der Waals surface area contributed by atoms with Crippen LogP contribution >= 0.6 is 0 Å². The first-order valence-corrected chi connectivity index (χ1v) is 7.24. The molecule has 2 heterocycles. The van der Waals surface area contributed by atoms with Gasteiger partial charge in [0.25, 0.3) is 0 Å². The van der Waals surface area contributed by atoms with Crippen molar-refractivity contribution < 1.29 is 0 Å². The van der Waals surface area contributed by atoms with Crippen LogP contribution < -0.4 is 4.90 Å². The summed E-state index contributed by atoms with van der Waals surface area (Å²) in [6, 6.07) is 8.16. The van der Waals surface area contributed by atoms with E-state index in [9.17, 15) is 0 Å². The molecule has 1 saturated heterocycles. The normalized spacial score (nSPS) is 21.0. The van der Waals surface area contributed by atoms with Crippen LogP contribution in [0.25, 0.3) is 11.0 Å². The van der Waals surface area contributed by atoms with E-state index >= 15 is 0 Å². The summed E-state index contributed by atoms with van der Waals surface area (Å²) < 4.78 is 0. The van der Waals surface area contributed by atoms with Crippen molar-refractivity contribution in [2.45, 2.75) is 32.6 Å². The van der Waals surface area contributed by atoms with Crippen LogP contribution in [-0.2, 0) is 0 Å². The van der Waals surface area contributed by atoms with Crippen LogP contribution in [0, 0.1) is 12.3 Å². The number of nitrogens with zero attached hydrogens (tertiary/aromatic N) is 3. The number of hydrogen-bond acceptors (Lipinski definition) is 3. The molecule has 1 saturated carbocycles. The Hall–Kier alpha value is -1.64. The summed E-state index contributed by atoms with van der Waals surface area (Å²) in [4.78, 5) is 12.0. The van der Waals surface area contributed by atoms with Crippen LogP contribution in [0.5, 0.6) is 0 Å².